The molecule has 1 aliphatic heterocycles. The Morgan fingerprint density at radius 2 is 1.88 bits per heavy atom. The Bertz CT molecular complexity index is 1150. The van der Waals surface area contributed by atoms with Crippen LogP contribution in [-0.4, -0.2) is 51.7 Å². The van der Waals surface area contributed by atoms with Crippen molar-refractivity contribution in [3.05, 3.63) is 65.5 Å². The van der Waals surface area contributed by atoms with Gasteiger partial charge in [-0.05, 0) is 23.6 Å². The van der Waals surface area contributed by atoms with Crippen molar-refractivity contribution in [3.63, 3.8) is 0 Å². The quantitative estimate of drug-likeness (QED) is 0.465. The highest BCUT2D eigenvalue weighted by molar-refractivity contribution is 7.18. The van der Waals surface area contributed by atoms with Gasteiger partial charge in [0.05, 0.1) is 12.3 Å². The molecule has 7 nitrogen and oxygen atoms in total. The Hall–Kier alpha value is -3.17. The van der Waals surface area contributed by atoms with Crippen molar-refractivity contribution >= 4 is 28.3 Å². The van der Waals surface area contributed by atoms with E-state index < -0.39 is 5.97 Å². The predicted octanol–water partition coefficient (Wildman–Crippen LogP) is 4.24. The number of nitrogens with zero attached hydrogens (tertiary/aromatic N) is 4. The van der Waals surface area contributed by atoms with Crippen LogP contribution in [0.2, 0.25) is 0 Å². The van der Waals surface area contributed by atoms with E-state index in [1.807, 2.05) is 24.3 Å². The average Bonchev–Trinajstić information content (AvgIpc) is 3.28. The summed E-state index contributed by atoms with van der Waals surface area (Å²) >= 11 is 1.34. The summed E-state index contributed by atoms with van der Waals surface area (Å²) in [6, 6.07) is 14.2. The number of carboxylic acid groups (broad SMARTS) is 1. The molecule has 1 N–H and O–H groups in total. The van der Waals surface area contributed by atoms with Gasteiger partial charge in [-0.2, -0.15) is 0 Å². The summed E-state index contributed by atoms with van der Waals surface area (Å²) in [5.74, 6) is -1.60. The molecule has 34 heavy (non-hydrogen) atoms. The fourth-order valence-electron chi connectivity index (χ4n) is 3.85. The highest BCUT2D eigenvalue weighted by atomic mass is 32.1. The van der Waals surface area contributed by atoms with Crippen molar-refractivity contribution < 1.29 is 19.1 Å². The Morgan fingerprint density at radius 3 is 2.56 bits per heavy atom. The van der Waals surface area contributed by atoms with E-state index in [0.717, 1.165) is 24.0 Å². The van der Waals surface area contributed by atoms with Gasteiger partial charge in [0.25, 0.3) is 0 Å². The highest BCUT2D eigenvalue weighted by Crippen LogP contribution is 2.30. The molecule has 178 valence electrons. The molecule has 1 fully saturated rings. The minimum absolute atomic E-state index is 0.0285. The van der Waals surface area contributed by atoms with Gasteiger partial charge in [-0.1, -0.05) is 67.1 Å². The van der Waals surface area contributed by atoms with Gasteiger partial charge in [0.2, 0.25) is 11.0 Å². The van der Waals surface area contributed by atoms with Crippen LogP contribution in [0.1, 0.15) is 30.9 Å². The zero-order valence-electron chi connectivity index (χ0n) is 19.0. The normalized spacial score (nSPS) is 14.1. The molecule has 0 radical (unpaired) electrons. The molecule has 1 aromatic heterocycles. The van der Waals surface area contributed by atoms with Crippen LogP contribution in [0.5, 0.6) is 0 Å². The second-order valence-corrected chi connectivity index (χ2v) is 9.44. The third kappa shape index (κ3) is 5.66. The largest absolute Gasteiger partial charge is 0.481 e. The van der Waals surface area contributed by atoms with E-state index in [9.17, 15) is 14.0 Å². The lowest BCUT2D eigenvalue weighted by atomic mass is 9.99. The van der Waals surface area contributed by atoms with Crippen LogP contribution in [0.15, 0.2) is 48.5 Å². The molecule has 1 amide bonds. The predicted molar refractivity (Wildman–Crippen MR) is 129 cm³/mol. The van der Waals surface area contributed by atoms with Crippen molar-refractivity contribution in [1.29, 1.82) is 0 Å². The van der Waals surface area contributed by atoms with Gasteiger partial charge in [-0.15, -0.1) is 10.2 Å². The number of anilines is 1. The molecule has 0 bridgehead atoms. The Morgan fingerprint density at radius 1 is 1.15 bits per heavy atom. The molecule has 4 rings (SSSR count). The number of benzene rings is 2. The first-order chi connectivity index (χ1) is 16.4. The molecule has 3 aromatic rings. The number of hydrogen-bond acceptors (Lipinski definition) is 6. The maximum atomic E-state index is 14.1. The lowest BCUT2D eigenvalue weighted by Gasteiger charge is -2.36. The molecule has 0 saturated carbocycles. The van der Waals surface area contributed by atoms with E-state index in [-0.39, 0.29) is 24.1 Å². The van der Waals surface area contributed by atoms with Crippen molar-refractivity contribution in [3.8, 4) is 10.6 Å². The molecule has 1 saturated heterocycles. The highest BCUT2D eigenvalue weighted by Gasteiger charge is 2.32. The van der Waals surface area contributed by atoms with Gasteiger partial charge in [-0.3, -0.25) is 19.4 Å². The number of halogens is 1. The van der Waals surface area contributed by atoms with E-state index in [4.69, 9.17) is 5.11 Å². The fourth-order valence-corrected chi connectivity index (χ4v) is 4.74. The summed E-state index contributed by atoms with van der Waals surface area (Å²) in [6.45, 7) is 4.41. The van der Waals surface area contributed by atoms with Crippen molar-refractivity contribution in [2.45, 2.75) is 32.7 Å². The smallest absolute Gasteiger partial charge is 0.309 e. The van der Waals surface area contributed by atoms with E-state index in [1.165, 1.54) is 17.4 Å². The van der Waals surface area contributed by atoms with Crippen molar-refractivity contribution in [1.82, 2.24) is 15.1 Å². The van der Waals surface area contributed by atoms with E-state index in [0.29, 0.717) is 41.9 Å². The van der Waals surface area contributed by atoms with Gasteiger partial charge >= 0.3 is 5.97 Å². The number of carbonyl (C=O) groups is 2. The monoisotopic (exact) mass is 482 g/mol. The fraction of sp³-hybridized carbons (Fsp3) is 0.360. The molecule has 0 unspecified atom stereocenters. The summed E-state index contributed by atoms with van der Waals surface area (Å²) < 4.78 is 14.1. The summed E-state index contributed by atoms with van der Waals surface area (Å²) in [5, 5.41) is 18.8. The number of unbranched alkanes of at least 4 members (excludes halogenated alkanes) is 1. The number of amides is 1. The number of hydrogen-bond donors (Lipinski definition) is 1. The summed E-state index contributed by atoms with van der Waals surface area (Å²) in [4.78, 5) is 27.7. The molecular formula is C25H27FN4O3S. The van der Waals surface area contributed by atoms with Crippen LogP contribution in [-0.2, 0) is 22.6 Å². The maximum absolute atomic E-state index is 14.1. The molecule has 9 heteroatoms. The Labute approximate surface area is 201 Å². The molecule has 2 heterocycles. The number of aliphatic carboxylic acids is 1. The average molecular weight is 483 g/mol. The number of likely N-dealkylation sites (tertiary alicyclic amines) is 1. The van der Waals surface area contributed by atoms with Crippen LogP contribution in [0.4, 0.5) is 9.52 Å². The number of aromatic nitrogens is 2. The van der Waals surface area contributed by atoms with Crippen molar-refractivity contribution in [2.24, 2.45) is 5.92 Å². The lowest BCUT2D eigenvalue weighted by Crippen LogP contribution is -2.49. The number of rotatable bonds is 10. The van der Waals surface area contributed by atoms with Gasteiger partial charge in [0.15, 0.2) is 0 Å². The number of carboxylic acids is 1. The standard InChI is InChI=1S/C25H27FN4O3S/c1-2-3-12-30(22(31)13-19-6-4-5-7-21(19)26)25-28-27-23(34-25)18-10-8-17(9-11-18)14-29-15-20(16-29)24(32)33/h4-11,20H,2-3,12-16H2,1H3,(H,32,33). The maximum Gasteiger partial charge on any atom is 0.309 e. The third-order valence-electron chi connectivity index (χ3n) is 5.89. The first-order valence-electron chi connectivity index (χ1n) is 11.4. The van der Waals surface area contributed by atoms with E-state index in [2.05, 4.69) is 22.0 Å². The van der Waals surface area contributed by atoms with Gasteiger partial charge in [0, 0.05) is 31.7 Å². The summed E-state index contributed by atoms with van der Waals surface area (Å²) in [5.41, 5.74) is 2.37. The Kier molecular flexibility index (Phi) is 7.64. The lowest BCUT2D eigenvalue weighted by molar-refractivity contribution is -0.147. The molecule has 2 aromatic carbocycles. The second-order valence-electron chi connectivity index (χ2n) is 8.48. The molecule has 0 aliphatic carbocycles. The minimum atomic E-state index is -0.737. The topological polar surface area (TPSA) is 86.6 Å². The first-order valence-corrected chi connectivity index (χ1v) is 12.2. The summed E-state index contributed by atoms with van der Waals surface area (Å²) in [7, 11) is 0. The van der Waals surface area contributed by atoms with Crippen LogP contribution in [0, 0.1) is 11.7 Å². The minimum Gasteiger partial charge on any atom is -0.481 e. The SMILES string of the molecule is CCCCN(C(=O)Cc1ccccc1F)c1nnc(-c2ccc(CN3CC(C(=O)O)C3)cc2)s1. The van der Waals surface area contributed by atoms with Crippen LogP contribution >= 0.6 is 11.3 Å². The van der Waals surface area contributed by atoms with Gasteiger partial charge < -0.3 is 5.11 Å². The van der Waals surface area contributed by atoms with E-state index in [1.54, 1.807) is 23.1 Å². The zero-order chi connectivity index (χ0) is 24.1. The molecule has 0 spiro atoms. The third-order valence-corrected chi connectivity index (χ3v) is 6.89. The van der Waals surface area contributed by atoms with Crippen molar-refractivity contribution in [2.75, 3.05) is 24.5 Å². The van der Waals surface area contributed by atoms with E-state index >= 15 is 0 Å². The van der Waals surface area contributed by atoms with Crippen LogP contribution in [0.3, 0.4) is 0 Å². The Balaban J connectivity index is 1.43. The molecule has 0 atom stereocenters. The van der Waals surface area contributed by atoms with Gasteiger partial charge in [-0.25, -0.2) is 4.39 Å². The van der Waals surface area contributed by atoms with Crippen LogP contribution in [0.25, 0.3) is 10.6 Å². The summed E-state index contributed by atoms with van der Waals surface area (Å²) in [6.07, 6.45) is 1.70. The zero-order valence-corrected chi connectivity index (χ0v) is 19.8. The second kappa shape index (κ2) is 10.8. The number of carbonyl (C=O) groups excluding carboxylic acids is 1. The van der Waals surface area contributed by atoms with Crippen LogP contribution < -0.4 is 4.90 Å². The first kappa shape index (κ1) is 24.0. The molecule has 1 aliphatic rings. The van der Waals surface area contributed by atoms with Gasteiger partial charge in [0.1, 0.15) is 10.8 Å². The molecular weight excluding hydrogens is 455 g/mol.